The first-order chi connectivity index (χ1) is 10.9. The zero-order chi connectivity index (χ0) is 17.0. The van der Waals surface area contributed by atoms with E-state index in [0.717, 1.165) is 0 Å². The van der Waals surface area contributed by atoms with Gasteiger partial charge in [0.25, 0.3) is 5.91 Å². The molecule has 0 aliphatic carbocycles. The number of carbonyl (C=O) groups excluding carboxylic acids is 1. The number of hydrogen-bond acceptors (Lipinski definition) is 2. The van der Waals surface area contributed by atoms with Gasteiger partial charge in [0.2, 0.25) is 0 Å². The minimum absolute atomic E-state index is 0.119. The number of amides is 1. The SMILES string of the molecule is C/C(=C\c1ccccc1F)C(=O)Nc1ccc(Cl)cc1C(=O)O. The topological polar surface area (TPSA) is 66.4 Å². The number of nitrogens with one attached hydrogen (secondary N) is 1. The van der Waals surface area contributed by atoms with Crippen molar-refractivity contribution in [3.63, 3.8) is 0 Å². The van der Waals surface area contributed by atoms with Gasteiger partial charge in [0.15, 0.2) is 0 Å². The molecule has 2 aromatic carbocycles. The highest BCUT2D eigenvalue weighted by molar-refractivity contribution is 6.31. The van der Waals surface area contributed by atoms with E-state index in [9.17, 15) is 14.0 Å². The Labute approximate surface area is 137 Å². The summed E-state index contributed by atoms with van der Waals surface area (Å²) in [6.07, 6.45) is 1.39. The van der Waals surface area contributed by atoms with Crippen LogP contribution in [0.2, 0.25) is 5.02 Å². The van der Waals surface area contributed by atoms with Crippen LogP contribution < -0.4 is 5.32 Å². The summed E-state index contributed by atoms with van der Waals surface area (Å²) < 4.78 is 13.6. The summed E-state index contributed by atoms with van der Waals surface area (Å²) in [5, 5.41) is 11.9. The lowest BCUT2D eigenvalue weighted by Crippen LogP contribution is -2.15. The van der Waals surface area contributed by atoms with Crippen molar-refractivity contribution in [2.75, 3.05) is 5.32 Å². The Kier molecular flexibility index (Phi) is 5.13. The van der Waals surface area contributed by atoms with E-state index in [2.05, 4.69) is 5.32 Å². The lowest BCUT2D eigenvalue weighted by molar-refractivity contribution is -0.112. The second-order valence-corrected chi connectivity index (χ2v) is 5.23. The first-order valence-corrected chi connectivity index (χ1v) is 7.03. The summed E-state index contributed by atoms with van der Waals surface area (Å²) in [5.74, 6) is -2.19. The van der Waals surface area contributed by atoms with Crippen LogP contribution in [-0.4, -0.2) is 17.0 Å². The molecule has 0 heterocycles. The van der Waals surface area contributed by atoms with Crippen molar-refractivity contribution in [1.82, 2.24) is 0 Å². The number of benzene rings is 2. The van der Waals surface area contributed by atoms with Crippen molar-refractivity contribution in [2.24, 2.45) is 0 Å². The average Bonchev–Trinajstić information content (AvgIpc) is 2.51. The quantitative estimate of drug-likeness (QED) is 0.823. The maximum atomic E-state index is 13.6. The number of halogens is 2. The van der Waals surface area contributed by atoms with Crippen LogP contribution in [0.3, 0.4) is 0 Å². The van der Waals surface area contributed by atoms with E-state index in [1.807, 2.05) is 0 Å². The van der Waals surface area contributed by atoms with Crippen molar-refractivity contribution in [3.8, 4) is 0 Å². The Bertz CT molecular complexity index is 802. The first kappa shape index (κ1) is 16.7. The zero-order valence-electron chi connectivity index (χ0n) is 12.1. The highest BCUT2D eigenvalue weighted by Gasteiger charge is 2.14. The molecule has 6 heteroatoms. The van der Waals surface area contributed by atoms with Crippen LogP contribution in [0.4, 0.5) is 10.1 Å². The van der Waals surface area contributed by atoms with Crippen molar-refractivity contribution in [2.45, 2.75) is 6.92 Å². The molecule has 0 aliphatic rings. The molecule has 0 saturated heterocycles. The Morgan fingerprint density at radius 3 is 2.57 bits per heavy atom. The van der Waals surface area contributed by atoms with Gasteiger partial charge in [-0.2, -0.15) is 0 Å². The van der Waals surface area contributed by atoms with E-state index in [-0.39, 0.29) is 27.4 Å². The number of rotatable bonds is 4. The summed E-state index contributed by atoms with van der Waals surface area (Å²) in [6, 6.07) is 10.2. The Hall–Kier alpha value is -2.66. The number of aromatic carboxylic acids is 1. The van der Waals surface area contributed by atoms with E-state index in [1.54, 1.807) is 12.1 Å². The van der Waals surface area contributed by atoms with E-state index >= 15 is 0 Å². The molecule has 1 amide bonds. The monoisotopic (exact) mass is 333 g/mol. The third kappa shape index (κ3) is 4.17. The van der Waals surface area contributed by atoms with Crippen LogP contribution in [0.15, 0.2) is 48.0 Å². The van der Waals surface area contributed by atoms with Crippen molar-refractivity contribution >= 4 is 35.2 Å². The molecule has 0 aromatic heterocycles. The van der Waals surface area contributed by atoms with Gasteiger partial charge in [0.05, 0.1) is 11.3 Å². The van der Waals surface area contributed by atoms with Gasteiger partial charge >= 0.3 is 5.97 Å². The molecular weight excluding hydrogens is 321 g/mol. The van der Waals surface area contributed by atoms with E-state index in [0.29, 0.717) is 0 Å². The van der Waals surface area contributed by atoms with Crippen LogP contribution in [0.5, 0.6) is 0 Å². The maximum Gasteiger partial charge on any atom is 0.337 e. The molecule has 0 bridgehead atoms. The van der Waals surface area contributed by atoms with Crippen LogP contribution in [-0.2, 0) is 4.79 Å². The van der Waals surface area contributed by atoms with Gasteiger partial charge in [0, 0.05) is 16.2 Å². The Morgan fingerprint density at radius 2 is 1.91 bits per heavy atom. The predicted octanol–water partition coefficient (Wildman–Crippen LogP) is 4.22. The second kappa shape index (κ2) is 7.07. The van der Waals surface area contributed by atoms with Gasteiger partial charge in [-0.25, -0.2) is 9.18 Å². The molecule has 118 valence electrons. The average molecular weight is 334 g/mol. The van der Waals surface area contributed by atoms with Crippen molar-refractivity contribution in [1.29, 1.82) is 0 Å². The predicted molar refractivity (Wildman–Crippen MR) is 87.1 cm³/mol. The molecule has 0 spiro atoms. The molecule has 0 fully saturated rings. The number of carboxylic acids is 1. The molecule has 2 rings (SSSR count). The molecule has 4 nitrogen and oxygen atoms in total. The van der Waals surface area contributed by atoms with Gasteiger partial charge in [-0.1, -0.05) is 29.8 Å². The fourth-order valence-electron chi connectivity index (χ4n) is 1.91. The zero-order valence-corrected chi connectivity index (χ0v) is 12.9. The molecule has 0 unspecified atom stereocenters. The molecule has 0 atom stereocenters. The van der Waals surface area contributed by atoms with Gasteiger partial charge < -0.3 is 10.4 Å². The summed E-state index contributed by atoms with van der Waals surface area (Å²) in [5.41, 5.74) is 0.508. The molecule has 2 N–H and O–H groups in total. The molecule has 2 aromatic rings. The van der Waals surface area contributed by atoms with Crippen molar-refractivity contribution in [3.05, 3.63) is 70.0 Å². The third-order valence-corrected chi connectivity index (χ3v) is 3.33. The normalized spacial score (nSPS) is 11.2. The molecular formula is C17H13ClFNO3. The van der Waals surface area contributed by atoms with Crippen LogP contribution >= 0.6 is 11.6 Å². The largest absolute Gasteiger partial charge is 0.478 e. The maximum absolute atomic E-state index is 13.6. The highest BCUT2D eigenvalue weighted by Crippen LogP contribution is 2.21. The van der Waals surface area contributed by atoms with E-state index in [4.69, 9.17) is 16.7 Å². The standard InChI is InChI=1S/C17H13ClFNO3/c1-10(8-11-4-2-3-5-14(11)19)16(21)20-15-7-6-12(18)9-13(15)17(22)23/h2-9H,1H3,(H,20,21)(H,22,23)/b10-8+. The fourth-order valence-corrected chi connectivity index (χ4v) is 2.09. The Balaban J connectivity index is 2.26. The number of carboxylic acid groups (broad SMARTS) is 1. The molecule has 0 radical (unpaired) electrons. The smallest absolute Gasteiger partial charge is 0.337 e. The fraction of sp³-hybridized carbons (Fsp3) is 0.0588. The van der Waals surface area contributed by atoms with E-state index in [1.165, 1.54) is 43.3 Å². The number of hydrogen-bond donors (Lipinski definition) is 2. The summed E-state index contributed by atoms with van der Waals surface area (Å²) in [4.78, 5) is 23.3. The van der Waals surface area contributed by atoms with Crippen LogP contribution in [0, 0.1) is 5.82 Å². The highest BCUT2D eigenvalue weighted by atomic mass is 35.5. The molecule has 0 saturated carbocycles. The van der Waals surface area contributed by atoms with E-state index < -0.39 is 17.7 Å². The van der Waals surface area contributed by atoms with Crippen molar-refractivity contribution < 1.29 is 19.1 Å². The lowest BCUT2D eigenvalue weighted by Gasteiger charge is -2.09. The van der Waals surface area contributed by atoms with Crippen LogP contribution in [0.1, 0.15) is 22.8 Å². The summed E-state index contributed by atoms with van der Waals surface area (Å²) in [7, 11) is 0. The first-order valence-electron chi connectivity index (χ1n) is 6.65. The Morgan fingerprint density at radius 1 is 1.22 bits per heavy atom. The minimum Gasteiger partial charge on any atom is -0.478 e. The van der Waals surface area contributed by atoms with Gasteiger partial charge in [-0.05, 0) is 37.3 Å². The summed E-state index contributed by atoms with van der Waals surface area (Å²) >= 11 is 5.76. The molecule has 0 aliphatic heterocycles. The third-order valence-electron chi connectivity index (χ3n) is 3.10. The summed E-state index contributed by atoms with van der Waals surface area (Å²) in [6.45, 7) is 1.51. The van der Waals surface area contributed by atoms with Gasteiger partial charge in [0.1, 0.15) is 5.82 Å². The van der Waals surface area contributed by atoms with Gasteiger partial charge in [-0.15, -0.1) is 0 Å². The van der Waals surface area contributed by atoms with Crippen LogP contribution in [0.25, 0.3) is 6.08 Å². The number of anilines is 1. The number of carbonyl (C=O) groups is 2. The lowest BCUT2D eigenvalue weighted by atomic mass is 10.1. The second-order valence-electron chi connectivity index (χ2n) is 4.80. The minimum atomic E-state index is -1.21. The molecule has 23 heavy (non-hydrogen) atoms. The van der Waals surface area contributed by atoms with Gasteiger partial charge in [-0.3, -0.25) is 4.79 Å².